The average molecular weight is 495 g/mol. The van der Waals surface area contributed by atoms with Crippen LogP contribution in [0.3, 0.4) is 0 Å². The molecule has 1 heterocycles. The first-order valence-corrected chi connectivity index (χ1v) is 11.8. The predicted molar refractivity (Wildman–Crippen MR) is 139 cm³/mol. The summed E-state index contributed by atoms with van der Waals surface area (Å²) in [6.07, 6.45) is 1.74. The SMILES string of the molecule is CC.Cc1ccc(Nc2c(C(N)=O)c(Oc3cccc(NC(=O)C4CC4)c3C)cc(=O)n2C)c(F)c1. The van der Waals surface area contributed by atoms with Gasteiger partial charge in [-0.15, -0.1) is 0 Å². The van der Waals surface area contributed by atoms with Crippen LogP contribution in [0.15, 0.2) is 47.3 Å². The lowest BCUT2D eigenvalue weighted by Crippen LogP contribution is -2.25. The Balaban J connectivity index is 0.00000176. The third-order valence-electron chi connectivity index (χ3n) is 5.74. The Morgan fingerprint density at radius 1 is 1.06 bits per heavy atom. The van der Waals surface area contributed by atoms with Gasteiger partial charge in [0.05, 0.1) is 5.69 Å². The highest BCUT2D eigenvalue weighted by Crippen LogP contribution is 2.36. The maximum absolute atomic E-state index is 14.5. The number of rotatable bonds is 7. The molecule has 3 aromatic rings. The summed E-state index contributed by atoms with van der Waals surface area (Å²) >= 11 is 0. The van der Waals surface area contributed by atoms with Crippen LogP contribution in [0.1, 0.15) is 48.2 Å². The molecule has 0 unspecified atom stereocenters. The standard InChI is InChI=1S/C25H25FN4O4.C2H6/c1-13-7-10-18(16(26)11-13)28-24-22(23(27)32)20(12-21(31)30(24)3)34-19-6-4-5-17(14(19)2)29-25(33)15-8-9-15;1-2/h4-7,10-12,15,28H,8-9H2,1-3H3,(H2,27,32)(H,29,33);1-2H3. The number of nitrogens with one attached hydrogen (secondary N) is 2. The maximum Gasteiger partial charge on any atom is 0.256 e. The number of halogens is 1. The molecule has 0 atom stereocenters. The minimum Gasteiger partial charge on any atom is -0.456 e. The maximum atomic E-state index is 14.5. The fraction of sp³-hybridized carbons (Fsp3) is 0.296. The van der Waals surface area contributed by atoms with Crippen molar-refractivity contribution in [2.24, 2.45) is 18.7 Å². The first-order chi connectivity index (χ1) is 17.2. The Hall–Kier alpha value is -4.14. The van der Waals surface area contributed by atoms with Gasteiger partial charge >= 0.3 is 0 Å². The molecule has 0 radical (unpaired) electrons. The Morgan fingerprint density at radius 2 is 1.75 bits per heavy atom. The number of pyridine rings is 1. The molecule has 1 aliphatic rings. The molecule has 0 spiro atoms. The van der Waals surface area contributed by atoms with E-state index in [0.717, 1.165) is 23.5 Å². The number of aryl methyl sites for hydroxylation is 1. The molecular weight excluding hydrogens is 463 g/mol. The number of hydrogen-bond acceptors (Lipinski definition) is 5. The zero-order valence-corrected chi connectivity index (χ0v) is 21.1. The molecule has 190 valence electrons. The monoisotopic (exact) mass is 494 g/mol. The van der Waals surface area contributed by atoms with E-state index in [-0.39, 0.29) is 34.6 Å². The van der Waals surface area contributed by atoms with Crippen molar-refractivity contribution in [3.8, 4) is 11.5 Å². The van der Waals surface area contributed by atoms with Crippen LogP contribution in [-0.4, -0.2) is 16.4 Å². The number of nitrogens with two attached hydrogens (primary N) is 1. The summed E-state index contributed by atoms with van der Waals surface area (Å²) in [5, 5.41) is 5.69. The minimum atomic E-state index is -0.864. The van der Waals surface area contributed by atoms with Crippen molar-refractivity contribution in [2.75, 3.05) is 10.6 Å². The van der Waals surface area contributed by atoms with Crippen LogP contribution < -0.4 is 26.7 Å². The Labute approximate surface area is 209 Å². The van der Waals surface area contributed by atoms with E-state index in [1.54, 1.807) is 38.1 Å². The van der Waals surface area contributed by atoms with Crippen molar-refractivity contribution in [1.82, 2.24) is 4.57 Å². The van der Waals surface area contributed by atoms with E-state index in [9.17, 15) is 18.8 Å². The number of primary amides is 1. The summed E-state index contributed by atoms with van der Waals surface area (Å²) in [4.78, 5) is 37.3. The van der Waals surface area contributed by atoms with Gasteiger partial charge in [0.2, 0.25) is 5.91 Å². The predicted octanol–water partition coefficient (Wildman–Crippen LogP) is 5.15. The first-order valence-electron chi connectivity index (χ1n) is 11.8. The highest BCUT2D eigenvalue weighted by molar-refractivity contribution is 6.01. The minimum absolute atomic E-state index is 0.00593. The molecule has 4 rings (SSSR count). The topological polar surface area (TPSA) is 115 Å². The smallest absolute Gasteiger partial charge is 0.256 e. The molecule has 0 bridgehead atoms. The van der Waals surface area contributed by atoms with Crippen molar-refractivity contribution >= 4 is 29.0 Å². The zero-order valence-electron chi connectivity index (χ0n) is 21.1. The van der Waals surface area contributed by atoms with Gasteiger partial charge in [0, 0.05) is 30.3 Å². The molecule has 9 heteroatoms. The zero-order chi connectivity index (χ0) is 26.6. The van der Waals surface area contributed by atoms with Crippen LogP contribution in [0.2, 0.25) is 0 Å². The Morgan fingerprint density at radius 3 is 2.36 bits per heavy atom. The first kappa shape index (κ1) is 26.5. The fourth-order valence-electron chi connectivity index (χ4n) is 3.55. The number of carbonyl (C=O) groups excluding carboxylic acids is 2. The number of amides is 2. The quantitative estimate of drug-likeness (QED) is 0.420. The van der Waals surface area contributed by atoms with E-state index in [4.69, 9.17) is 10.5 Å². The third kappa shape index (κ3) is 5.73. The molecular formula is C27H31FN4O4. The normalized spacial score (nSPS) is 12.3. The second-order valence-electron chi connectivity index (χ2n) is 8.40. The third-order valence-corrected chi connectivity index (χ3v) is 5.74. The molecule has 4 N–H and O–H groups in total. The second kappa shape index (κ2) is 11.1. The van der Waals surface area contributed by atoms with Gasteiger partial charge in [-0.25, -0.2) is 4.39 Å². The second-order valence-corrected chi connectivity index (χ2v) is 8.40. The lowest BCUT2D eigenvalue weighted by atomic mass is 10.1. The van der Waals surface area contributed by atoms with E-state index in [1.165, 1.54) is 19.2 Å². The average Bonchev–Trinajstić information content (AvgIpc) is 3.68. The summed E-state index contributed by atoms with van der Waals surface area (Å²) < 4.78 is 21.6. The summed E-state index contributed by atoms with van der Waals surface area (Å²) in [6, 6.07) is 10.8. The van der Waals surface area contributed by atoms with Crippen molar-refractivity contribution in [1.29, 1.82) is 0 Å². The molecule has 1 aliphatic carbocycles. The van der Waals surface area contributed by atoms with Gasteiger partial charge in [0.1, 0.15) is 28.7 Å². The summed E-state index contributed by atoms with van der Waals surface area (Å²) in [5.41, 5.74) is 7.01. The Kier molecular flexibility index (Phi) is 8.14. The van der Waals surface area contributed by atoms with E-state index < -0.39 is 17.3 Å². The van der Waals surface area contributed by atoms with Gasteiger partial charge in [-0.3, -0.25) is 19.0 Å². The van der Waals surface area contributed by atoms with Crippen LogP contribution >= 0.6 is 0 Å². The summed E-state index contributed by atoms with van der Waals surface area (Å²) in [6.45, 7) is 7.50. The van der Waals surface area contributed by atoms with E-state index >= 15 is 0 Å². The highest BCUT2D eigenvalue weighted by atomic mass is 19.1. The number of hydrogen-bond donors (Lipinski definition) is 3. The molecule has 36 heavy (non-hydrogen) atoms. The van der Waals surface area contributed by atoms with Crippen molar-refractivity contribution in [2.45, 2.75) is 40.5 Å². The van der Waals surface area contributed by atoms with Gasteiger partial charge in [0.25, 0.3) is 11.5 Å². The van der Waals surface area contributed by atoms with Crippen molar-refractivity contribution in [3.05, 3.63) is 75.3 Å². The summed E-state index contributed by atoms with van der Waals surface area (Å²) in [7, 11) is 1.44. The number of ether oxygens (including phenoxy) is 1. The number of aromatic nitrogens is 1. The van der Waals surface area contributed by atoms with Gasteiger partial charge in [-0.2, -0.15) is 0 Å². The number of nitrogens with zero attached hydrogens (tertiary/aromatic N) is 1. The number of anilines is 3. The molecule has 1 aromatic heterocycles. The van der Waals surface area contributed by atoms with Crippen LogP contribution in [0.25, 0.3) is 0 Å². The highest BCUT2D eigenvalue weighted by Gasteiger charge is 2.30. The van der Waals surface area contributed by atoms with Gasteiger partial charge in [0.15, 0.2) is 0 Å². The molecule has 1 saturated carbocycles. The number of benzene rings is 2. The number of carbonyl (C=O) groups is 2. The van der Waals surface area contributed by atoms with Gasteiger partial charge in [-0.05, 0) is 56.5 Å². The molecule has 0 aliphatic heterocycles. The van der Waals surface area contributed by atoms with Gasteiger partial charge < -0.3 is 21.1 Å². The lowest BCUT2D eigenvalue weighted by Gasteiger charge is -2.19. The molecule has 2 aromatic carbocycles. The largest absolute Gasteiger partial charge is 0.456 e. The van der Waals surface area contributed by atoms with E-state index in [0.29, 0.717) is 22.6 Å². The van der Waals surface area contributed by atoms with E-state index in [2.05, 4.69) is 10.6 Å². The summed E-state index contributed by atoms with van der Waals surface area (Å²) in [5.74, 6) is -1.21. The van der Waals surface area contributed by atoms with E-state index in [1.807, 2.05) is 13.8 Å². The van der Waals surface area contributed by atoms with Gasteiger partial charge in [-0.1, -0.05) is 26.0 Å². The van der Waals surface area contributed by atoms with Crippen LogP contribution in [0.4, 0.5) is 21.6 Å². The molecule has 1 fully saturated rings. The fourth-order valence-corrected chi connectivity index (χ4v) is 3.55. The lowest BCUT2D eigenvalue weighted by molar-refractivity contribution is -0.117. The van der Waals surface area contributed by atoms with Crippen LogP contribution in [-0.2, 0) is 11.8 Å². The van der Waals surface area contributed by atoms with Crippen molar-refractivity contribution < 1.29 is 18.7 Å². The van der Waals surface area contributed by atoms with Crippen LogP contribution in [0.5, 0.6) is 11.5 Å². The Bertz CT molecular complexity index is 1360. The molecule has 8 nitrogen and oxygen atoms in total. The molecule has 2 amide bonds. The van der Waals surface area contributed by atoms with Crippen LogP contribution in [0, 0.1) is 25.6 Å². The van der Waals surface area contributed by atoms with Crippen molar-refractivity contribution in [3.63, 3.8) is 0 Å². The molecule has 0 saturated heterocycles.